The summed E-state index contributed by atoms with van der Waals surface area (Å²) in [4.78, 5) is 8.57. The molecule has 0 aliphatic heterocycles. The van der Waals surface area contributed by atoms with E-state index in [4.69, 9.17) is 0 Å². The molecule has 0 N–H and O–H groups in total. The smallest absolute Gasteiger partial charge is 0.142 e. The van der Waals surface area contributed by atoms with Crippen molar-refractivity contribution < 1.29 is 4.39 Å². The minimum absolute atomic E-state index is 0.317. The predicted octanol–water partition coefficient (Wildman–Crippen LogP) is 5.48. The first kappa shape index (κ1) is 15.4. The highest BCUT2D eigenvalue weighted by molar-refractivity contribution is 5.85. The maximum absolute atomic E-state index is 13.2. The standard InChI is InChI=1S/C18H21FN2/c1-4-5-6-14(3)21-18-8-7-15(9-13(18)2)16-10-17(19)12-20-11-16/h7-12H,4-6H2,1-3H3. The number of nitrogens with zero attached hydrogens (tertiary/aromatic N) is 2. The Bertz CT molecular complexity index is 647. The van der Waals surface area contributed by atoms with E-state index < -0.39 is 0 Å². The van der Waals surface area contributed by atoms with Gasteiger partial charge in [-0.25, -0.2) is 4.39 Å². The lowest BCUT2D eigenvalue weighted by Crippen LogP contribution is -1.91. The first-order valence-electron chi connectivity index (χ1n) is 7.36. The Morgan fingerprint density at radius 1 is 1.19 bits per heavy atom. The maximum Gasteiger partial charge on any atom is 0.142 e. The number of hydrogen-bond acceptors (Lipinski definition) is 2. The highest BCUT2D eigenvalue weighted by Gasteiger charge is 2.04. The number of hydrogen-bond donors (Lipinski definition) is 0. The van der Waals surface area contributed by atoms with Crippen LogP contribution in [0.2, 0.25) is 0 Å². The summed E-state index contributed by atoms with van der Waals surface area (Å²) in [6.45, 7) is 6.28. The van der Waals surface area contributed by atoms with Crippen LogP contribution in [0.3, 0.4) is 0 Å². The average Bonchev–Trinajstić information content (AvgIpc) is 2.47. The molecule has 110 valence electrons. The van der Waals surface area contributed by atoms with Gasteiger partial charge < -0.3 is 0 Å². The number of rotatable bonds is 5. The largest absolute Gasteiger partial charge is 0.261 e. The van der Waals surface area contributed by atoms with Crippen molar-refractivity contribution in [3.8, 4) is 11.1 Å². The lowest BCUT2D eigenvalue weighted by Gasteiger charge is -2.07. The molecule has 0 aliphatic rings. The molecule has 0 fully saturated rings. The van der Waals surface area contributed by atoms with Crippen LogP contribution in [-0.2, 0) is 0 Å². The number of pyridine rings is 1. The van der Waals surface area contributed by atoms with E-state index in [1.807, 2.05) is 25.1 Å². The number of aromatic nitrogens is 1. The SMILES string of the molecule is CCCCC(C)=Nc1ccc(-c2cncc(F)c2)cc1C. The van der Waals surface area contributed by atoms with Crippen molar-refractivity contribution in [3.63, 3.8) is 0 Å². The molecule has 0 aliphatic carbocycles. The van der Waals surface area contributed by atoms with Crippen LogP contribution in [0.25, 0.3) is 11.1 Å². The van der Waals surface area contributed by atoms with Gasteiger partial charge in [-0.3, -0.25) is 9.98 Å². The summed E-state index contributed by atoms with van der Waals surface area (Å²) in [5, 5.41) is 0. The second-order valence-corrected chi connectivity index (χ2v) is 5.34. The zero-order chi connectivity index (χ0) is 15.2. The van der Waals surface area contributed by atoms with Crippen LogP contribution in [-0.4, -0.2) is 10.7 Å². The first-order valence-corrected chi connectivity index (χ1v) is 7.36. The summed E-state index contributed by atoms with van der Waals surface area (Å²) in [6.07, 6.45) is 6.27. The fraction of sp³-hybridized carbons (Fsp3) is 0.333. The molecule has 0 saturated heterocycles. The Morgan fingerprint density at radius 3 is 2.67 bits per heavy atom. The number of aliphatic imine (C=N–C) groups is 1. The van der Waals surface area contributed by atoms with E-state index in [0.29, 0.717) is 0 Å². The van der Waals surface area contributed by atoms with Crippen LogP contribution in [0.15, 0.2) is 41.7 Å². The van der Waals surface area contributed by atoms with E-state index in [1.54, 1.807) is 6.20 Å². The van der Waals surface area contributed by atoms with Gasteiger partial charge in [0, 0.05) is 17.5 Å². The third-order valence-electron chi connectivity index (χ3n) is 3.44. The highest BCUT2D eigenvalue weighted by atomic mass is 19.1. The summed E-state index contributed by atoms with van der Waals surface area (Å²) < 4.78 is 13.2. The van der Waals surface area contributed by atoms with Crippen molar-refractivity contribution in [3.05, 3.63) is 48.0 Å². The molecule has 0 saturated carbocycles. The fourth-order valence-electron chi connectivity index (χ4n) is 2.22. The Labute approximate surface area is 125 Å². The lowest BCUT2D eigenvalue weighted by molar-refractivity contribution is 0.622. The monoisotopic (exact) mass is 284 g/mol. The lowest BCUT2D eigenvalue weighted by atomic mass is 10.0. The third-order valence-corrected chi connectivity index (χ3v) is 3.44. The third kappa shape index (κ3) is 4.22. The van der Waals surface area contributed by atoms with Crippen LogP contribution in [0.1, 0.15) is 38.7 Å². The van der Waals surface area contributed by atoms with Gasteiger partial charge in [-0.15, -0.1) is 0 Å². The van der Waals surface area contributed by atoms with E-state index >= 15 is 0 Å². The summed E-state index contributed by atoms with van der Waals surface area (Å²) in [7, 11) is 0. The summed E-state index contributed by atoms with van der Waals surface area (Å²) in [5.74, 6) is -0.317. The predicted molar refractivity (Wildman–Crippen MR) is 86.7 cm³/mol. The fourth-order valence-corrected chi connectivity index (χ4v) is 2.22. The summed E-state index contributed by atoms with van der Waals surface area (Å²) in [5.41, 5.74) is 4.98. The molecule has 1 heterocycles. The van der Waals surface area contributed by atoms with Gasteiger partial charge in [0.25, 0.3) is 0 Å². The van der Waals surface area contributed by atoms with Crippen molar-refractivity contribution in [1.29, 1.82) is 0 Å². The topological polar surface area (TPSA) is 25.2 Å². The zero-order valence-corrected chi connectivity index (χ0v) is 12.9. The van der Waals surface area contributed by atoms with Crippen molar-refractivity contribution in [1.82, 2.24) is 4.98 Å². The molecule has 0 spiro atoms. The molecule has 2 nitrogen and oxygen atoms in total. The number of halogens is 1. The molecular weight excluding hydrogens is 263 g/mol. The van der Waals surface area contributed by atoms with E-state index in [0.717, 1.165) is 34.5 Å². The van der Waals surface area contributed by atoms with E-state index in [9.17, 15) is 4.39 Å². The Hall–Kier alpha value is -2.03. The molecule has 0 amide bonds. The molecule has 0 radical (unpaired) electrons. The number of unbranched alkanes of at least 4 members (excludes halogenated alkanes) is 1. The van der Waals surface area contributed by atoms with Gasteiger partial charge in [-0.2, -0.15) is 0 Å². The van der Waals surface area contributed by atoms with Crippen LogP contribution < -0.4 is 0 Å². The molecule has 21 heavy (non-hydrogen) atoms. The second kappa shape index (κ2) is 7.11. The zero-order valence-electron chi connectivity index (χ0n) is 12.9. The molecule has 1 aromatic heterocycles. The Balaban J connectivity index is 2.25. The molecule has 1 aromatic carbocycles. The molecule has 2 rings (SSSR count). The molecule has 0 bridgehead atoms. The molecule has 2 aromatic rings. The van der Waals surface area contributed by atoms with Gasteiger partial charge in [0.2, 0.25) is 0 Å². The Kier molecular flexibility index (Phi) is 5.20. The van der Waals surface area contributed by atoms with E-state index in [2.05, 4.69) is 23.8 Å². The van der Waals surface area contributed by atoms with Crippen molar-refractivity contribution in [2.24, 2.45) is 4.99 Å². The quantitative estimate of drug-likeness (QED) is 0.667. The first-order chi connectivity index (χ1) is 10.1. The Morgan fingerprint density at radius 2 is 2.00 bits per heavy atom. The van der Waals surface area contributed by atoms with Crippen LogP contribution in [0.4, 0.5) is 10.1 Å². The van der Waals surface area contributed by atoms with Crippen LogP contribution >= 0.6 is 0 Å². The van der Waals surface area contributed by atoms with Gasteiger partial charge in [0.1, 0.15) is 5.82 Å². The van der Waals surface area contributed by atoms with E-state index in [-0.39, 0.29) is 5.82 Å². The molecule has 3 heteroatoms. The normalized spacial score (nSPS) is 11.7. The highest BCUT2D eigenvalue weighted by Crippen LogP contribution is 2.26. The minimum atomic E-state index is -0.317. The van der Waals surface area contributed by atoms with E-state index in [1.165, 1.54) is 25.1 Å². The average molecular weight is 284 g/mol. The van der Waals surface area contributed by atoms with Crippen molar-refractivity contribution in [2.45, 2.75) is 40.0 Å². The van der Waals surface area contributed by atoms with Crippen molar-refractivity contribution >= 4 is 11.4 Å². The van der Waals surface area contributed by atoms with Gasteiger partial charge in [-0.05, 0) is 56.0 Å². The van der Waals surface area contributed by atoms with Crippen molar-refractivity contribution in [2.75, 3.05) is 0 Å². The summed E-state index contributed by atoms with van der Waals surface area (Å²) >= 11 is 0. The molecular formula is C18H21FN2. The minimum Gasteiger partial charge on any atom is -0.261 e. The van der Waals surface area contributed by atoms with Gasteiger partial charge in [0.15, 0.2) is 0 Å². The number of benzene rings is 1. The second-order valence-electron chi connectivity index (χ2n) is 5.34. The molecule has 0 atom stereocenters. The van der Waals surface area contributed by atoms with Gasteiger partial charge in [0.05, 0.1) is 11.9 Å². The van der Waals surface area contributed by atoms with Crippen LogP contribution in [0, 0.1) is 12.7 Å². The number of aryl methyl sites for hydroxylation is 1. The van der Waals surface area contributed by atoms with Gasteiger partial charge >= 0.3 is 0 Å². The van der Waals surface area contributed by atoms with Crippen LogP contribution in [0.5, 0.6) is 0 Å². The summed E-state index contributed by atoms with van der Waals surface area (Å²) in [6, 6.07) is 7.49. The maximum atomic E-state index is 13.2. The van der Waals surface area contributed by atoms with Gasteiger partial charge in [-0.1, -0.05) is 19.4 Å². The molecule has 0 unspecified atom stereocenters.